The highest BCUT2D eigenvalue weighted by Crippen LogP contribution is 2.22. The molecule has 6 heteroatoms. The lowest BCUT2D eigenvalue weighted by Gasteiger charge is -2.10. The van der Waals surface area contributed by atoms with Gasteiger partial charge in [-0.2, -0.15) is 0 Å². The van der Waals surface area contributed by atoms with Gasteiger partial charge in [0.1, 0.15) is 11.6 Å². The summed E-state index contributed by atoms with van der Waals surface area (Å²) >= 11 is 0. The van der Waals surface area contributed by atoms with E-state index < -0.39 is 11.7 Å². The van der Waals surface area contributed by atoms with E-state index in [1.54, 1.807) is 55.8 Å². The van der Waals surface area contributed by atoms with Gasteiger partial charge >= 0.3 is 0 Å². The van der Waals surface area contributed by atoms with Gasteiger partial charge < -0.3 is 15.4 Å². The Kier molecular flexibility index (Phi) is 4.89. The number of rotatable bonds is 5. The first kappa shape index (κ1) is 16.4. The number of carbonyl (C=O) groups excluding carboxylic acids is 1. The summed E-state index contributed by atoms with van der Waals surface area (Å²) in [5, 5.41) is 5.75. The molecule has 2 N–H and O–H groups in total. The van der Waals surface area contributed by atoms with Crippen LogP contribution in [0.1, 0.15) is 10.4 Å². The number of hydrogen-bond donors (Lipinski definition) is 2. The number of pyridine rings is 1. The number of halogens is 1. The molecular weight excluding hydrogens is 321 g/mol. The Bertz CT molecular complexity index is 868. The van der Waals surface area contributed by atoms with Crippen molar-refractivity contribution in [2.24, 2.45) is 0 Å². The van der Waals surface area contributed by atoms with Crippen LogP contribution in [0.3, 0.4) is 0 Å². The van der Waals surface area contributed by atoms with E-state index in [0.29, 0.717) is 11.4 Å². The predicted octanol–water partition coefficient (Wildman–Crippen LogP) is 4.23. The lowest BCUT2D eigenvalue weighted by Crippen LogP contribution is -2.12. The number of nitrogens with one attached hydrogen (secondary N) is 2. The average molecular weight is 337 g/mol. The van der Waals surface area contributed by atoms with Crippen molar-refractivity contribution in [1.82, 2.24) is 4.98 Å². The number of benzene rings is 2. The molecule has 0 aliphatic heterocycles. The van der Waals surface area contributed by atoms with Crippen LogP contribution in [0.5, 0.6) is 5.75 Å². The second-order valence-corrected chi connectivity index (χ2v) is 5.28. The molecule has 2 aromatic carbocycles. The smallest absolute Gasteiger partial charge is 0.255 e. The number of anilines is 3. The van der Waals surface area contributed by atoms with Gasteiger partial charge in [-0.1, -0.05) is 0 Å². The number of nitrogens with zero attached hydrogens (tertiary/aromatic N) is 1. The molecule has 3 rings (SSSR count). The SMILES string of the molecule is COc1ccc(Nc2cc(F)cc(C(=O)Nc3cccnc3)c2)cc1. The van der Waals surface area contributed by atoms with Gasteiger partial charge in [0.15, 0.2) is 0 Å². The van der Waals surface area contributed by atoms with Crippen molar-refractivity contribution >= 4 is 23.0 Å². The molecule has 1 amide bonds. The Labute approximate surface area is 144 Å². The molecule has 126 valence electrons. The Balaban J connectivity index is 1.78. The van der Waals surface area contributed by atoms with E-state index in [2.05, 4.69) is 15.6 Å². The predicted molar refractivity (Wildman–Crippen MR) is 94.9 cm³/mol. The monoisotopic (exact) mass is 337 g/mol. The minimum atomic E-state index is -0.505. The number of amides is 1. The molecule has 0 saturated heterocycles. The van der Waals surface area contributed by atoms with Crippen molar-refractivity contribution in [3.05, 3.63) is 78.4 Å². The summed E-state index contributed by atoms with van der Waals surface area (Å²) in [6.07, 6.45) is 3.13. The highest BCUT2D eigenvalue weighted by Gasteiger charge is 2.10. The molecule has 0 aliphatic carbocycles. The van der Waals surface area contributed by atoms with Gasteiger partial charge in [-0.3, -0.25) is 9.78 Å². The molecular formula is C19H16FN3O2. The molecule has 1 heterocycles. The van der Waals surface area contributed by atoms with Crippen LogP contribution in [-0.4, -0.2) is 18.0 Å². The Morgan fingerprint density at radius 2 is 1.84 bits per heavy atom. The summed E-state index contributed by atoms with van der Waals surface area (Å²) in [6.45, 7) is 0. The van der Waals surface area contributed by atoms with Gasteiger partial charge in [-0.15, -0.1) is 0 Å². The number of ether oxygens (including phenoxy) is 1. The van der Waals surface area contributed by atoms with Crippen molar-refractivity contribution in [3.8, 4) is 5.75 Å². The first-order chi connectivity index (χ1) is 12.1. The fourth-order valence-corrected chi connectivity index (χ4v) is 2.27. The molecule has 0 spiro atoms. The van der Waals surface area contributed by atoms with E-state index in [1.165, 1.54) is 18.3 Å². The third-order valence-electron chi connectivity index (χ3n) is 3.46. The fraction of sp³-hybridized carbons (Fsp3) is 0.0526. The molecule has 0 aliphatic rings. The minimum Gasteiger partial charge on any atom is -0.497 e. The zero-order valence-corrected chi connectivity index (χ0v) is 13.5. The molecule has 0 saturated carbocycles. The summed E-state index contributed by atoms with van der Waals surface area (Å²) in [7, 11) is 1.59. The summed E-state index contributed by atoms with van der Waals surface area (Å²) in [4.78, 5) is 16.2. The normalized spacial score (nSPS) is 10.2. The van der Waals surface area contributed by atoms with Crippen molar-refractivity contribution < 1.29 is 13.9 Å². The van der Waals surface area contributed by atoms with Gasteiger partial charge in [0.2, 0.25) is 0 Å². The van der Waals surface area contributed by atoms with Crippen molar-refractivity contribution in [3.63, 3.8) is 0 Å². The third-order valence-corrected chi connectivity index (χ3v) is 3.46. The quantitative estimate of drug-likeness (QED) is 0.731. The Morgan fingerprint density at radius 3 is 2.52 bits per heavy atom. The summed E-state index contributed by atoms with van der Waals surface area (Å²) < 4.78 is 19.0. The summed E-state index contributed by atoms with van der Waals surface area (Å²) in [6, 6.07) is 14.7. The first-order valence-corrected chi connectivity index (χ1v) is 7.57. The first-order valence-electron chi connectivity index (χ1n) is 7.57. The number of carbonyl (C=O) groups is 1. The molecule has 25 heavy (non-hydrogen) atoms. The second kappa shape index (κ2) is 7.44. The van der Waals surface area contributed by atoms with Gasteiger partial charge in [0.05, 0.1) is 19.0 Å². The van der Waals surface area contributed by atoms with Gasteiger partial charge in [0, 0.05) is 23.1 Å². The number of aromatic nitrogens is 1. The molecule has 0 unspecified atom stereocenters. The molecule has 0 atom stereocenters. The molecule has 0 bridgehead atoms. The zero-order valence-electron chi connectivity index (χ0n) is 13.5. The van der Waals surface area contributed by atoms with Crippen LogP contribution in [0.2, 0.25) is 0 Å². The highest BCUT2D eigenvalue weighted by atomic mass is 19.1. The van der Waals surface area contributed by atoms with E-state index in [4.69, 9.17) is 4.74 Å². The fourth-order valence-electron chi connectivity index (χ4n) is 2.27. The topological polar surface area (TPSA) is 63.2 Å². The van der Waals surface area contributed by atoms with Crippen LogP contribution in [-0.2, 0) is 0 Å². The van der Waals surface area contributed by atoms with E-state index in [1.807, 2.05) is 0 Å². The lowest BCUT2D eigenvalue weighted by molar-refractivity contribution is 0.102. The van der Waals surface area contributed by atoms with E-state index >= 15 is 0 Å². The summed E-state index contributed by atoms with van der Waals surface area (Å²) in [5.74, 6) is -0.193. The van der Waals surface area contributed by atoms with Crippen LogP contribution in [0.4, 0.5) is 21.5 Å². The Hall–Kier alpha value is -3.41. The van der Waals surface area contributed by atoms with Crippen LogP contribution < -0.4 is 15.4 Å². The molecule has 0 radical (unpaired) electrons. The number of hydrogen-bond acceptors (Lipinski definition) is 4. The van der Waals surface area contributed by atoms with Crippen LogP contribution in [0.15, 0.2) is 67.0 Å². The van der Waals surface area contributed by atoms with Gasteiger partial charge in [0.25, 0.3) is 5.91 Å². The van der Waals surface area contributed by atoms with Crippen LogP contribution >= 0.6 is 0 Å². The van der Waals surface area contributed by atoms with Gasteiger partial charge in [-0.05, 0) is 54.6 Å². The summed E-state index contributed by atoms with van der Waals surface area (Å²) in [5.41, 5.74) is 1.98. The van der Waals surface area contributed by atoms with E-state index in [-0.39, 0.29) is 5.56 Å². The van der Waals surface area contributed by atoms with Crippen molar-refractivity contribution in [2.75, 3.05) is 17.7 Å². The molecule has 1 aromatic heterocycles. The van der Waals surface area contributed by atoms with E-state index in [0.717, 1.165) is 11.4 Å². The van der Waals surface area contributed by atoms with E-state index in [9.17, 15) is 9.18 Å². The largest absolute Gasteiger partial charge is 0.497 e. The van der Waals surface area contributed by atoms with Gasteiger partial charge in [-0.25, -0.2) is 4.39 Å². The molecule has 3 aromatic rings. The second-order valence-electron chi connectivity index (χ2n) is 5.28. The van der Waals surface area contributed by atoms with Crippen molar-refractivity contribution in [2.45, 2.75) is 0 Å². The maximum Gasteiger partial charge on any atom is 0.255 e. The Morgan fingerprint density at radius 1 is 1.04 bits per heavy atom. The maximum atomic E-state index is 13.9. The minimum absolute atomic E-state index is 0.208. The average Bonchev–Trinajstić information content (AvgIpc) is 2.63. The van der Waals surface area contributed by atoms with Crippen LogP contribution in [0.25, 0.3) is 0 Å². The lowest BCUT2D eigenvalue weighted by atomic mass is 10.1. The standard InChI is InChI=1S/C19H16FN3O2/c1-25-18-6-4-15(5-7-18)22-17-10-13(9-14(20)11-17)19(24)23-16-3-2-8-21-12-16/h2-12,22H,1H3,(H,23,24). The highest BCUT2D eigenvalue weighted by molar-refractivity contribution is 6.04. The zero-order chi connectivity index (χ0) is 17.6. The van der Waals surface area contributed by atoms with Crippen molar-refractivity contribution in [1.29, 1.82) is 0 Å². The maximum absolute atomic E-state index is 13.9. The van der Waals surface area contributed by atoms with Crippen LogP contribution in [0, 0.1) is 5.82 Å². The molecule has 5 nitrogen and oxygen atoms in total. The third kappa shape index (κ3) is 4.32. The molecule has 0 fully saturated rings. The number of methoxy groups -OCH3 is 1.